The molecular weight excluding hydrogens is 240 g/mol. The average molecular weight is 255 g/mol. The summed E-state index contributed by atoms with van der Waals surface area (Å²) < 4.78 is 33.8. The fourth-order valence-corrected chi connectivity index (χ4v) is 1.91. The molecule has 0 bridgehead atoms. The zero-order valence-corrected chi connectivity index (χ0v) is 9.81. The van der Waals surface area contributed by atoms with Crippen LogP contribution in [0.25, 0.3) is 0 Å². The van der Waals surface area contributed by atoms with Crippen molar-refractivity contribution in [2.75, 3.05) is 6.61 Å². The van der Waals surface area contributed by atoms with E-state index in [-0.39, 0.29) is 11.8 Å². The van der Waals surface area contributed by atoms with Crippen LogP contribution in [0.1, 0.15) is 24.4 Å². The minimum Gasteiger partial charge on any atom is -0.501 e. The molecule has 1 aliphatic heterocycles. The molecule has 1 atom stereocenters. The molecule has 0 amide bonds. The molecule has 98 valence electrons. The first-order valence-corrected chi connectivity index (χ1v) is 5.77. The van der Waals surface area contributed by atoms with Crippen LogP contribution >= 0.6 is 0 Å². The molecule has 0 saturated carbocycles. The number of halogens is 2. The molecule has 2 N–H and O–H groups in total. The summed E-state index contributed by atoms with van der Waals surface area (Å²) in [5, 5.41) is 0. The molecule has 0 aliphatic carbocycles. The number of benzene rings is 1. The van der Waals surface area contributed by atoms with E-state index in [2.05, 4.69) is 4.74 Å². The molecule has 1 heterocycles. The van der Waals surface area contributed by atoms with Crippen LogP contribution in [0.5, 0.6) is 5.75 Å². The minimum atomic E-state index is -2.83. The van der Waals surface area contributed by atoms with Gasteiger partial charge in [0.15, 0.2) is 0 Å². The number of ether oxygens (including phenoxy) is 2. The summed E-state index contributed by atoms with van der Waals surface area (Å²) in [6.45, 7) is -2.13. The quantitative estimate of drug-likeness (QED) is 0.899. The number of nitrogens with two attached hydrogens (primary N) is 1. The van der Waals surface area contributed by atoms with Crippen LogP contribution in [0, 0.1) is 0 Å². The summed E-state index contributed by atoms with van der Waals surface area (Å²) in [5.74, 6) is 0.121. The van der Waals surface area contributed by atoms with Gasteiger partial charge in [-0.15, -0.1) is 0 Å². The summed E-state index contributed by atoms with van der Waals surface area (Å²) >= 11 is 0. The zero-order valence-electron chi connectivity index (χ0n) is 9.81. The maximum absolute atomic E-state index is 12.1. The normalized spacial score (nSPS) is 17.0. The third kappa shape index (κ3) is 3.20. The molecule has 0 fully saturated rings. The van der Waals surface area contributed by atoms with Gasteiger partial charge in [0.05, 0.1) is 18.9 Å². The third-order valence-electron chi connectivity index (χ3n) is 2.80. The van der Waals surface area contributed by atoms with E-state index in [0.717, 1.165) is 24.0 Å². The summed E-state index contributed by atoms with van der Waals surface area (Å²) in [6, 6.07) is 6.11. The van der Waals surface area contributed by atoms with Crippen LogP contribution in [-0.4, -0.2) is 13.2 Å². The summed E-state index contributed by atoms with van der Waals surface area (Å²) in [4.78, 5) is 0. The molecule has 5 heteroatoms. The van der Waals surface area contributed by atoms with Crippen LogP contribution in [0.2, 0.25) is 0 Å². The molecule has 0 aromatic heterocycles. The molecule has 0 saturated heterocycles. The van der Waals surface area contributed by atoms with E-state index < -0.39 is 6.61 Å². The molecular formula is C13H15F2NO2. The molecule has 18 heavy (non-hydrogen) atoms. The highest BCUT2D eigenvalue weighted by Crippen LogP contribution is 2.28. The second-order valence-electron chi connectivity index (χ2n) is 4.10. The van der Waals surface area contributed by atoms with Crippen LogP contribution in [0.15, 0.2) is 36.1 Å². The van der Waals surface area contributed by atoms with E-state index in [0.29, 0.717) is 6.61 Å². The van der Waals surface area contributed by atoms with Gasteiger partial charge in [-0.05, 0) is 36.1 Å². The van der Waals surface area contributed by atoms with Crippen molar-refractivity contribution >= 4 is 0 Å². The van der Waals surface area contributed by atoms with E-state index in [9.17, 15) is 8.78 Å². The van der Waals surface area contributed by atoms with Gasteiger partial charge in [-0.1, -0.05) is 12.1 Å². The molecule has 1 unspecified atom stereocenters. The van der Waals surface area contributed by atoms with Gasteiger partial charge >= 0.3 is 6.61 Å². The first kappa shape index (κ1) is 12.8. The highest BCUT2D eigenvalue weighted by Gasteiger charge is 2.16. The minimum absolute atomic E-state index is 0.121. The Labute approximate surface area is 104 Å². The van der Waals surface area contributed by atoms with Gasteiger partial charge in [-0.25, -0.2) is 0 Å². The Balaban J connectivity index is 2.14. The average Bonchev–Trinajstić information content (AvgIpc) is 2.38. The first-order chi connectivity index (χ1) is 8.66. The van der Waals surface area contributed by atoms with Crippen LogP contribution in [0.4, 0.5) is 8.78 Å². The lowest BCUT2D eigenvalue weighted by molar-refractivity contribution is -0.0498. The molecule has 1 aromatic carbocycles. The monoisotopic (exact) mass is 255 g/mol. The Morgan fingerprint density at radius 1 is 1.33 bits per heavy atom. The fraction of sp³-hybridized carbons (Fsp3) is 0.385. The summed E-state index contributed by atoms with van der Waals surface area (Å²) in [6.07, 6.45) is 3.45. The molecule has 0 radical (unpaired) electrons. The Bertz CT molecular complexity index is 435. The highest BCUT2D eigenvalue weighted by atomic mass is 19.3. The van der Waals surface area contributed by atoms with E-state index in [1.807, 2.05) is 0 Å². The second kappa shape index (κ2) is 5.82. The fourth-order valence-electron chi connectivity index (χ4n) is 1.91. The van der Waals surface area contributed by atoms with Crippen molar-refractivity contribution in [2.24, 2.45) is 5.73 Å². The molecule has 3 nitrogen and oxygen atoms in total. The molecule has 1 aliphatic rings. The van der Waals surface area contributed by atoms with Crippen molar-refractivity contribution in [3.8, 4) is 5.75 Å². The van der Waals surface area contributed by atoms with Gasteiger partial charge in [-0.2, -0.15) is 8.78 Å². The van der Waals surface area contributed by atoms with E-state index in [1.54, 1.807) is 18.4 Å². The second-order valence-corrected chi connectivity index (χ2v) is 4.10. The van der Waals surface area contributed by atoms with Crippen molar-refractivity contribution in [3.63, 3.8) is 0 Å². The van der Waals surface area contributed by atoms with Crippen molar-refractivity contribution in [1.82, 2.24) is 0 Å². The predicted molar refractivity (Wildman–Crippen MR) is 63.3 cm³/mol. The number of rotatable bonds is 4. The lowest BCUT2D eigenvalue weighted by Gasteiger charge is -2.20. The molecule has 2 rings (SSSR count). The van der Waals surface area contributed by atoms with Crippen LogP contribution in [0.3, 0.4) is 0 Å². The lowest BCUT2D eigenvalue weighted by Crippen LogP contribution is -2.16. The van der Waals surface area contributed by atoms with Crippen LogP contribution < -0.4 is 10.5 Å². The standard InChI is InChI=1S/C13H15F2NO2/c14-13(15)18-11-5-1-3-9(7-11)12(16)10-4-2-6-17-8-10/h1,3,5,7-8,12-13H,2,4,6,16H2. The Morgan fingerprint density at radius 3 is 2.83 bits per heavy atom. The predicted octanol–water partition coefficient (Wildman–Crippen LogP) is 2.98. The Morgan fingerprint density at radius 2 is 2.17 bits per heavy atom. The maximum atomic E-state index is 12.1. The Kier molecular flexibility index (Phi) is 4.15. The lowest BCUT2D eigenvalue weighted by atomic mass is 9.96. The molecule has 0 spiro atoms. The smallest absolute Gasteiger partial charge is 0.387 e. The summed E-state index contributed by atoms with van der Waals surface area (Å²) in [7, 11) is 0. The van der Waals surface area contributed by atoms with Gasteiger partial charge in [-0.3, -0.25) is 0 Å². The topological polar surface area (TPSA) is 44.5 Å². The van der Waals surface area contributed by atoms with Gasteiger partial charge in [0.1, 0.15) is 5.75 Å². The zero-order chi connectivity index (χ0) is 13.0. The number of hydrogen-bond acceptors (Lipinski definition) is 3. The van der Waals surface area contributed by atoms with Crippen LogP contribution in [-0.2, 0) is 4.74 Å². The molecule has 1 aromatic rings. The van der Waals surface area contributed by atoms with Crippen molar-refractivity contribution in [2.45, 2.75) is 25.5 Å². The van der Waals surface area contributed by atoms with Crippen molar-refractivity contribution in [3.05, 3.63) is 41.7 Å². The van der Waals surface area contributed by atoms with E-state index >= 15 is 0 Å². The highest BCUT2D eigenvalue weighted by molar-refractivity contribution is 5.34. The number of alkyl halides is 2. The summed E-state index contributed by atoms with van der Waals surface area (Å²) in [5.41, 5.74) is 7.79. The maximum Gasteiger partial charge on any atom is 0.387 e. The SMILES string of the molecule is NC(C1=COCCC1)c1cccc(OC(F)F)c1. The van der Waals surface area contributed by atoms with Gasteiger partial charge < -0.3 is 15.2 Å². The van der Waals surface area contributed by atoms with E-state index in [1.165, 1.54) is 12.1 Å². The largest absolute Gasteiger partial charge is 0.501 e. The van der Waals surface area contributed by atoms with Gasteiger partial charge in [0, 0.05) is 0 Å². The van der Waals surface area contributed by atoms with Crippen molar-refractivity contribution < 1.29 is 18.3 Å². The van der Waals surface area contributed by atoms with Crippen molar-refractivity contribution in [1.29, 1.82) is 0 Å². The first-order valence-electron chi connectivity index (χ1n) is 5.77. The van der Waals surface area contributed by atoms with Gasteiger partial charge in [0.2, 0.25) is 0 Å². The number of hydrogen-bond donors (Lipinski definition) is 1. The third-order valence-corrected chi connectivity index (χ3v) is 2.80. The Hall–Kier alpha value is -1.62. The van der Waals surface area contributed by atoms with E-state index in [4.69, 9.17) is 10.5 Å². The van der Waals surface area contributed by atoms with Gasteiger partial charge in [0.25, 0.3) is 0 Å².